The van der Waals surface area contributed by atoms with E-state index in [2.05, 4.69) is 6.92 Å². The molecule has 1 aromatic rings. The third-order valence-corrected chi connectivity index (χ3v) is 2.24. The zero-order valence-electron chi connectivity index (χ0n) is 9.45. The van der Waals surface area contributed by atoms with Crippen molar-refractivity contribution in [2.75, 3.05) is 0 Å². The van der Waals surface area contributed by atoms with E-state index in [0.717, 1.165) is 19.3 Å². The number of ether oxygens (including phenoxy) is 1. The van der Waals surface area contributed by atoms with E-state index in [9.17, 15) is 4.79 Å². The molecule has 1 rings (SSSR count). The van der Waals surface area contributed by atoms with Crippen molar-refractivity contribution >= 4 is 5.97 Å². The van der Waals surface area contributed by atoms with Gasteiger partial charge in [-0.25, -0.2) is 0 Å². The van der Waals surface area contributed by atoms with Crippen LogP contribution in [0, 0.1) is 6.92 Å². The predicted octanol–water partition coefficient (Wildman–Crippen LogP) is 3.48. The molecule has 0 N–H and O–H groups in total. The normalized spacial score (nSPS) is 10.0. The number of hydrogen-bond donors (Lipinski definition) is 0. The van der Waals surface area contributed by atoms with Gasteiger partial charge >= 0.3 is 5.97 Å². The molecule has 2 nitrogen and oxygen atoms in total. The minimum atomic E-state index is -0.132. The Hall–Kier alpha value is -1.31. The quantitative estimate of drug-likeness (QED) is 0.419. The fraction of sp³-hybridized carbons (Fsp3) is 0.462. The lowest BCUT2D eigenvalue weighted by molar-refractivity contribution is -0.134. The highest BCUT2D eigenvalue weighted by Gasteiger charge is 2.03. The standard InChI is InChI=1S/C13H18O2/c1-3-4-5-6-13(14)15-12-9-7-11(2)8-10-12/h7-10H,3-6H2,1-2H3. The van der Waals surface area contributed by atoms with Crippen molar-refractivity contribution in [3.63, 3.8) is 0 Å². The van der Waals surface area contributed by atoms with Gasteiger partial charge in [0, 0.05) is 6.42 Å². The van der Waals surface area contributed by atoms with Crippen molar-refractivity contribution in [2.45, 2.75) is 39.5 Å². The Kier molecular flexibility index (Phi) is 4.88. The average molecular weight is 206 g/mol. The van der Waals surface area contributed by atoms with Crippen LogP contribution in [-0.2, 0) is 4.79 Å². The van der Waals surface area contributed by atoms with Crippen LogP contribution in [0.25, 0.3) is 0 Å². The number of benzene rings is 1. The summed E-state index contributed by atoms with van der Waals surface area (Å²) in [5, 5.41) is 0. The molecule has 0 aliphatic rings. The molecule has 0 spiro atoms. The number of carbonyl (C=O) groups excluding carboxylic acids is 1. The second-order valence-electron chi connectivity index (χ2n) is 3.74. The third kappa shape index (κ3) is 4.63. The molecule has 2 heteroatoms. The van der Waals surface area contributed by atoms with Gasteiger partial charge < -0.3 is 4.74 Å². The summed E-state index contributed by atoms with van der Waals surface area (Å²) >= 11 is 0. The molecule has 0 fully saturated rings. The molecule has 0 bridgehead atoms. The first-order valence-electron chi connectivity index (χ1n) is 5.49. The van der Waals surface area contributed by atoms with Crippen LogP contribution in [0.15, 0.2) is 24.3 Å². The van der Waals surface area contributed by atoms with Gasteiger partial charge in [0.2, 0.25) is 0 Å². The molecule has 0 aliphatic carbocycles. The van der Waals surface area contributed by atoms with E-state index in [1.54, 1.807) is 0 Å². The van der Waals surface area contributed by atoms with Crippen molar-refractivity contribution in [1.82, 2.24) is 0 Å². The van der Waals surface area contributed by atoms with Gasteiger partial charge in [-0.15, -0.1) is 0 Å². The zero-order chi connectivity index (χ0) is 11.1. The summed E-state index contributed by atoms with van der Waals surface area (Å²) in [5.74, 6) is 0.509. The molecule has 1 aromatic carbocycles. The maximum atomic E-state index is 11.3. The van der Waals surface area contributed by atoms with E-state index < -0.39 is 0 Å². The highest BCUT2D eigenvalue weighted by atomic mass is 16.5. The van der Waals surface area contributed by atoms with Crippen LogP contribution >= 0.6 is 0 Å². The summed E-state index contributed by atoms with van der Waals surface area (Å²) in [6.45, 7) is 4.12. The predicted molar refractivity (Wildman–Crippen MR) is 61.0 cm³/mol. The number of rotatable bonds is 5. The van der Waals surface area contributed by atoms with Crippen molar-refractivity contribution < 1.29 is 9.53 Å². The van der Waals surface area contributed by atoms with Gasteiger partial charge in [-0.3, -0.25) is 4.79 Å². The highest BCUT2D eigenvalue weighted by Crippen LogP contribution is 2.12. The molecule has 0 aromatic heterocycles. The summed E-state index contributed by atoms with van der Waals surface area (Å²) in [7, 11) is 0. The van der Waals surface area contributed by atoms with E-state index in [1.807, 2.05) is 31.2 Å². The van der Waals surface area contributed by atoms with Gasteiger partial charge in [-0.1, -0.05) is 37.5 Å². The Balaban J connectivity index is 2.34. The molecule has 0 radical (unpaired) electrons. The summed E-state index contributed by atoms with van der Waals surface area (Å²) in [4.78, 5) is 11.3. The van der Waals surface area contributed by atoms with Crippen LogP contribution in [0.4, 0.5) is 0 Å². The Morgan fingerprint density at radius 1 is 1.20 bits per heavy atom. The Labute approximate surface area is 91.3 Å². The second-order valence-corrected chi connectivity index (χ2v) is 3.74. The first-order chi connectivity index (χ1) is 7.22. The van der Waals surface area contributed by atoms with Crippen molar-refractivity contribution in [3.8, 4) is 5.75 Å². The number of carbonyl (C=O) groups is 1. The van der Waals surface area contributed by atoms with Crippen molar-refractivity contribution in [2.24, 2.45) is 0 Å². The van der Waals surface area contributed by atoms with E-state index in [-0.39, 0.29) is 5.97 Å². The van der Waals surface area contributed by atoms with Crippen LogP contribution in [0.1, 0.15) is 38.2 Å². The van der Waals surface area contributed by atoms with Gasteiger partial charge in [-0.05, 0) is 25.5 Å². The van der Waals surface area contributed by atoms with Crippen LogP contribution < -0.4 is 4.74 Å². The van der Waals surface area contributed by atoms with Gasteiger partial charge in [0.1, 0.15) is 5.75 Å². The molecule has 0 amide bonds. The number of hydrogen-bond acceptors (Lipinski definition) is 2. The minimum Gasteiger partial charge on any atom is -0.427 e. The maximum Gasteiger partial charge on any atom is 0.311 e. The summed E-state index contributed by atoms with van der Waals surface area (Å²) in [5.41, 5.74) is 1.17. The summed E-state index contributed by atoms with van der Waals surface area (Å²) in [6.07, 6.45) is 3.64. The maximum absolute atomic E-state index is 11.3. The van der Waals surface area contributed by atoms with E-state index in [4.69, 9.17) is 4.74 Å². The molecule has 0 unspecified atom stereocenters. The first kappa shape index (κ1) is 11.8. The molecule has 0 aliphatic heterocycles. The topological polar surface area (TPSA) is 26.3 Å². The van der Waals surface area contributed by atoms with Crippen molar-refractivity contribution in [3.05, 3.63) is 29.8 Å². The van der Waals surface area contributed by atoms with E-state index >= 15 is 0 Å². The molecular weight excluding hydrogens is 188 g/mol. The Morgan fingerprint density at radius 3 is 2.47 bits per heavy atom. The number of esters is 1. The molecule has 0 heterocycles. The zero-order valence-corrected chi connectivity index (χ0v) is 9.45. The summed E-state index contributed by atoms with van der Waals surface area (Å²) < 4.78 is 5.18. The van der Waals surface area contributed by atoms with Gasteiger partial charge in [0.25, 0.3) is 0 Å². The largest absolute Gasteiger partial charge is 0.427 e. The van der Waals surface area contributed by atoms with Gasteiger partial charge in [0.15, 0.2) is 0 Å². The van der Waals surface area contributed by atoms with Crippen molar-refractivity contribution in [1.29, 1.82) is 0 Å². The molecule has 0 saturated heterocycles. The fourth-order valence-corrected chi connectivity index (χ4v) is 1.31. The van der Waals surface area contributed by atoms with Crippen LogP contribution in [0.3, 0.4) is 0 Å². The fourth-order valence-electron chi connectivity index (χ4n) is 1.31. The minimum absolute atomic E-state index is 0.132. The SMILES string of the molecule is CCCCCC(=O)Oc1ccc(C)cc1. The van der Waals surface area contributed by atoms with Crippen LogP contribution in [0.2, 0.25) is 0 Å². The monoisotopic (exact) mass is 206 g/mol. The molecule has 15 heavy (non-hydrogen) atoms. The highest BCUT2D eigenvalue weighted by molar-refractivity contribution is 5.72. The van der Waals surface area contributed by atoms with E-state index in [0.29, 0.717) is 12.2 Å². The number of unbranched alkanes of at least 4 members (excludes halogenated alkanes) is 2. The lowest BCUT2D eigenvalue weighted by atomic mass is 10.2. The molecule has 0 atom stereocenters. The Bertz CT molecular complexity index is 301. The average Bonchev–Trinajstić information content (AvgIpc) is 2.22. The Morgan fingerprint density at radius 2 is 1.87 bits per heavy atom. The molecule has 0 saturated carbocycles. The number of aryl methyl sites for hydroxylation is 1. The van der Waals surface area contributed by atoms with Crippen LogP contribution in [-0.4, -0.2) is 5.97 Å². The lowest BCUT2D eigenvalue weighted by Crippen LogP contribution is -2.07. The van der Waals surface area contributed by atoms with Gasteiger partial charge in [0.05, 0.1) is 0 Å². The first-order valence-corrected chi connectivity index (χ1v) is 5.49. The molecule has 82 valence electrons. The van der Waals surface area contributed by atoms with Crippen LogP contribution in [0.5, 0.6) is 5.75 Å². The van der Waals surface area contributed by atoms with Gasteiger partial charge in [-0.2, -0.15) is 0 Å². The third-order valence-electron chi connectivity index (χ3n) is 2.24. The van der Waals surface area contributed by atoms with E-state index in [1.165, 1.54) is 5.56 Å². The smallest absolute Gasteiger partial charge is 0.311 e. The summed E-state index contributed by atoms with van der Waals surface area (Å²) in [6, 6.07) is 7.53. The lowest BCUT2D eigenvalue weighted by Gasteiger charge is -2.03. The molecular formula is C13H18O2. The second kappa shape index (κ2) is 6.23.